The van der Waals surface area contributed by atoms with Gasteiger partial charge in [0.1, 0.15) is 11.5 Å². The first-order chi connectivity index (χ1) is 8.63. The van der Waals surface area contributed by atoms with Crippen LogP contribution in [0.25, 0.3) is 11.3 Å². The first-order valence-electron chi connectivity index (χ1n) is 5.91. The molecule has 18 heavy (non-hydrogen) atoms. The zero-order valence-corrected chi connectivity index (χ0v) is 11.1. The predicted molar refractivity (Wildman–Crippen MR) is 71.2 cm³/mol. The Balaban J connectivity index is 2.32. The maximum atomic E-state index is 13.8. The van der Waals surface area contributed by atoms with Gasteiger partial charge in [0.25, 0.3) is 0 Å². The molecule has 2 rings (SSSR count). The van der Waals surface area contributed by atoms with Crippen molar-refractivity contribution in [3.63, 3.8) is 0 Å². The first-order valence-corrected chi connectivity index (χ1v) is 6.28. The summed E-state index contributed by atoms with van der Waals surface area (Å²) in [5.74, 6) is 0.831. The van der Waals surface area contributed by atoms with Crippen LogP contribution in [0.15, 0.2) is 34.7 Å². The molecule has 0 amide bonds. The van der Waals surface area contributed by atoms with Crippen molar-refractivity contribution in [2.75, 3.05) is 6.54 Å². The van der Waals surface area contributed by atoms with Gasteiger partial charge >= 0.3 is 0 Å². The van der Waals surface area contributed by atoms with E-state index < -0.39 is 5.82 Å². The van der Waals surface area contributed by atoms with Crippen molar-refractivity contribution < 1.29 is 8.81 Å². The van der Waals surface area contributed by atoms with E-state index >= 15 is 0 Å². The number of nitrogens with one attached hydrogen (secondary N) is 1. The molecule has 0 aliphatic rings. The minimum atomic E-state index is -0.448. The van der Waals surface area contributed by atoms with Gasteiger partial charge in [-0.1, -0.05) is 24.6 Å². The lowest BCUT2D eigenvalue weighted by atomic mass is 10.1. The highest BCUT2D eigenvalue weighted by atomic mass is 35.5. The summed E-state index contributed by atoms with van der Waals surface area (Å²) in [6.45, 7) is 4.88. The van der Waals surface area contributed by atoms with Gasteiger partial charge in [-0.2, -0.15) is 0 Å². The number of hydrogen-bond acceptors (Lipinski definition) is 2. The molecule has 2 nitrogen and oxygen atoms in total. The molecule has 1 heterocycles. The predicted octanol–water partition coefficient (Wildman–Crippen LogP) is 4.41. The van der Waals surface area contributed by atoms with Gasteiger partial charge in [0.05, 0.1) is 16.6 Å². The van der Waals surface area contributed by atoms with Gasteiger partial charge in [0.15, 0.2) is 5.82 Å². The second kappa shape index (κ2) is 5.55. The van der Waals surface area contributed by atoms with Crippen LogP contribution in [0.2, 0.25) is 5.02 Å². The Kier molecular flexibility index (Phi) is 4.04. The Hall–Kier alpha value is -1.32. The summed E-state index contributed by atoms with van der Waals surface area (Å²) in [4.78, 5) is 0. The van der Waals surface area contributed by atoms with Gasteiger partial charge in [-0.25, -0.2) is 4.39 Å². The molecule has 0 aliphatic heterocycles. The van der Waals surface area contributed by atoms with Gasteiger partial charge in [-0.15, -0.1) is 0 Å². The number of furan rings is 1. The number of halogens is 2. The summed E-state index contributed by atoms with van der Waals surface area (Å²) in [5, 5.41) is 3.34. The van der Waals surface area contributed by atoms with E-state index in [0.717, 1.165) is 12.3 Å². The number of rotatable bonds is 4. The topological polar surface area (TPSA) is 25.2 Å². The van der Waals surface area contributed by atoms with Crippen molar-refractivity contribution in [1.82, 2.24) is 5.32 Å². The molecule has 0 radical (unpaired) electrons. The molecule has 2 aromatic rings. The Morgan fingerprint density at radius 1 is 1.33 bits per heavy atom. The summed E-state index contributed by atoms with van der Waals surface area (Å²) >= 11 is 5.75. The Morgan fingerprint density at radius 3 is 2.83 bits per heavy atom. The van der Waals surface area contributed by atoms with Crippen LogP contribution in [0, 0.1) is 5.82 Å². The summed E-state index contributed by atoms with van der Waals surface area (Å²) in [6.07, 6.45) is 0. The summed E-state index contributed by atoms with van der Waals surface area (Å²) in [5.41, 5.74) is 0.387. The van der Waals surface area contributed by atoms with Crippen LogP contribution < -0.4 is 5.32 Å². The lowest BCUT2D eigenvalue weighted by Crippen LogP contribution is -2.16. The molecule has 1 unspecified atom stereocenters. The van der Waals surface area contributed by atoms with Crippen molar-refractivity contribution in [2.24, 2.45) is 0 Å². The fourth-order valence-electron chi connectivity index (χ4n) is 1.83. The molecule has 0 fully saturated rings. The van der Waals surface area contributed by atoms with E-state index in [0.29, 0.717) is 11.3 Å². The zero-order valence-electron chi connectivity index (χ0n) is 10.3. The molecule has 0 saturated heterocycles. The third-order valence-corrected chi connectivity index (χ3v) is 3.07. The maximum Gasteiger partial charge on any atom is 0.152 e. The SMILES string of the molecule is CCNC(C)c1ccc(-c2cccc(Cl)c2F)o1. The van der Waals surface area contributed by atoms with Crippen LogP contribution in [0.1, 0.15) is 25.6 Å². The molecule has 0 spiro atoms. The standard InChI is InChI=1S/C14H15ClFNO/c1-3-17-9(2)12-7-8-13(18-12)10-5-4-6-11(15)14(10)16/h4-9,17H,3H2,1-2H3. The molecule has 1 aromatic heterocycles. The van der Waals surface area contributed by atoms with E-state index in [2.05, 4.69) is 5.32 Å². The maximum absolute atomic E-state index is 13.8. The number of hydrogen-bond donors (Lipinski definition) is 1. The van der Waals surface area contributed by atoms with Gasteiger partial charge in [0.2, 0.25) is 0 Å². The first kappa shape index (κ1) is 13.1. The van der Waals surface area contributed by atoms with Crippen LogP contribution in [0.4, 0.5) is 4.39 Å². The molecule has 1 atom stereocenters. The highest BCUT2D eigenvalue weighted by molar-refractivity contribution is 6.31. The van der Waals surface area contributed by atoms with Crippen LogP contribution in [0.3, 0.4) is 0 Å². The normalized spacial score (nSPS) is 12.7. The highest BCUT2D eigenvalue weighted by Crippen LogP contribution is 2.30. The van der Waals surface area contributed by atoms with E-state index in [9.17, 15) is 4.39 Å². The van der Waals surface area contributed by atoms with Gasteiger partial charge < -0.3 is 9.73 Å². The molecular formula is C14H15ClFNO. The Bertz CT molecular complexity index is 538. The van der Waals surface area contributed by atoms with Crippen LogP contribution in [-0.2, 0) is 0 Å². The lowest BCUT2D eigenvalue weighted by molar-refractivity contribution is 0.443. The van der Waals surface area contributed by atoms with Gasteiger partial charge in [0, 0.05) is 0 Å². The second-order valence-electron chi connectivity index (χ2n) is 4.08. The lowest BCUT2D eigenvalue weighted by Gasteiger charge is -2.08. The Labute approximate surface area is 111 Å². The van der Waals surface area contributed by atoms with E-state index in [-0.39, 0.29) is 11.1 Å². The summed E-state index contributed by atoms with van der Waals surface area (Å²) in [7, 11) is 0. The smallest absolute Gasteiger partial charge is 0.152 e. The minimum absolute atomic E-state index is 0.102. The third-order valence-electron chi connectivity index (χ3n) is 2.78. The van der Waals surface area contributed by atoms with E-state index in [1.54, 1.807) is 18.2 Å². The van der Waals surface area contributed by atoms with Gasteiger partial charge in [-0.3, -0.25) is 0 Å². The van der Waals surface area contributed by atoms with E-state index in [1.807, 2.05) is 19.9 Å². The van der Waals surface area contributed by atoms with Gasteiger partial charge in [-0.05, 0) is 37.7 Å². The Morgan fingerprint density at radius 2 is 2.11 bits per heavy atom. The quantitative estimate of drug-likeness (QED) is 0.888. The fourth-order valence-corrected chi connectivity index (χ4v) is 2.01. The fraction of sp³-hybridized carbons (Fsp3) is 0.286. The van der Waals surface area contributed by atoms with Crippen molar-refractivity contribution in [2.45, 2.75) is 19.9 Å². The molecule has 4 heteroatoms. The summed E-state index contributed by atoms with van der Waals surface area (Å²) < 4.78 is 19.5. The largest absolute Gasteiger partial charge is 0.459 e. The number of benzene rings is 1. The van der Waals surface area contributed by atoms with E-state index in [4.69, 9.17) is 16.0 Å². The second-order valence-corrected chi connectivity index (χ2v) is 4.49. The average Bonchev–Trinajstić information content (AvgIpc) is 2.82. The van der Waals surface area contributed by atoms with Crippen molar-refractivity contribution in [1.29, 1.82) is 0 Å². The molecule has 0 aliphatic carbocycles. The minimum Gasteiger partial charge on any atom is -0.459 e. The van der Waals surface area contributed by atoms with Crippen molar-refractivity contribution >= 4 is 11.6 Å². The van der Waals surface area contributed by atoms with Crippen LogP contribution in [0.5, 0.6) is 0 Å². The summed E-state index contributed by atoms with van der Waals surface area (Å²) in [6, 6.07) is 8.59. The molecule has 0 saturated carbocycles. The van der Waals surface area contributed by atoms with Crippen LogP contribution in [-0.4, -0.2) is 6.54 Å². The molecule has 0 bridgehead atoms. The van der Waals surface area contributed by atoms with Crippen LogP contribution >= 0.6 is 11.6 Å². The average molecular weight is 268 g/mol. The molecular weight excluding hydrogens is 253 g/mol. The van der Waals surface area contributed by atoms with Crippen molar-refractivity contribution in [3.8, 4) is 11.3 Å². The van der Waals surface area contributed by atoms with E-state index in [1.165, 1.54) is 6.07 Å². The zero-order chi connectivity index (χ0) is 13.1. The van der Waals surface area contributed by atoms with Crippen molar-refractivity contribution in [3.05, 3.63) is 46.9 Å². The molecule has 1 N–H and O–H groups in total. The molecule has 96 valence electrons. The third kappa shape index (κ3) is 2.57. The highest BCUT2D eigenvalue weighted by Gasteiger charge is 2.14. The monoisotopic (exact) mass is 267 g/mol. The molecule has 1 aromatic carbocycles.